The zero-order valence-corrected chi connectivity index (χ0v) is 22.7. The molecule has 0 aliphatic carbocycles. The van der Waals surface area contributed by atoms with Gasteiger partial charge in [-0.15, -0.1) is 12.1 Å². The Hall–Kier alpha value is -2.32. The molecule has 2 aromatic carbocycles. The van der Waals surface area contributed by atoms with Crippen molar-refractivity contribution in [1.82, 2.24) is 14.9 Å². The van der Waals surface area contributed by atoms with Crippen molar-refractivity contribution in [1.29, 1.82) is 0 Å². The maximum Gasteiger partial charge on any atom is 0.247 e. The van der Waals surface area contributed by atoms with Crippen molar-refractivity contribution in [3.05, 3.63) is 83.7 Å². The molecule has 0 atom stereocenters. The molecule has 1 aliphatic rings. The number of carbonyl (C=O) groups excluding carboxylic acids is 1. The fourth-order valence-corrected chi connectivity index (χ4v) is 3.77. The van der Waals surface area contributed by atoms with Crippen molar-refractivity contribution >= 4 is 40.5 Å². The Kier molecular flexibility index (Phi) is 9.59. The van der Waals surface area contributed by atoms with Crippen molar-refractivity contribution in [3.8, 4) is 0 Å². The first-order valence-electron chi connectivity index (χ1n) is 10.8. The van der Waals surface area contributed by atoms with Crippen LogP contribution in [0.3, 0.4) is 0 Å². The standard InChI is InChI=1S/C25H26ClN6O.Y/c1-3-24(33)28-20-6-4-5-18(15-20)16-23-22(26)17-27-25(30-23)29-19-7-9-21(10-8-19)32-13-11-31(2)12-14-32;/h3-7,9-10,15,17H,1,11-14,16H2,2H3,(H,28,33)(H,27,29,30);/q-1;. The minimum Gasteiger partial charge on any atom is -0.421 e. The van der Waals surface area contributed by atoms with Gasteiger partial charge >= 0.3 is 0 Å². The largest absolute Gasteiger partial charge is 0.421 e. The number of nitrogens with zero attached hydrogens (tertiary/aromatic N) is 4. The molecule has 1 amide bonds. The average Bonchev–Trinajstić information content (AvgIpc) is 2.82. The van der Waals surface area contributed by atoms with Gasteiger partial charge in [0.15, 0.2) is 0 Å². The Morgan fingerprint density at radius 3 is 2.74 bits per heavy atom. The molecule has 0 unspecified atom stereocenters. The summed E-state index contributed by atoms with van der Waals surface area (Å²) in [5.41, 5.74) is 4.29. The number of amides is 1. The zero-order valence-electron chi connectivity index (χ0n) is 19.1. The van der Waals surface area contributed by atoms with Crippen LogP contribution in [-0.4, -0.2) is 54.0 Å². The van der Waals surface area contributed by atoms with E-state index < -0.39 is 0 Å². The van der Waals surface area contributed by atoms with E-state index in [1.807, 2.05) is 36.4 Å². The summed E-state index contributed by atoms with van der Waals surface area (Å²) in [5, 5.41) is 6.45. The van der Waals surface area contributed by atoms with E-state index in [9.17, 15) is 4.79 Å². The molecule has 0 saturated carbocycles. The van der Waals surface area contributed by atoms with Gasteiger partial charge in [-0.05, 0) is 30.8 Å². The van der Waals surface area contributed by atoms with E-state index in [0.717, 1.165) is 43.1 Å². The number of hydrogen-bond donors (Lipinski definition) is 2. The summed E-state index contributed by atoms with van der Waals surface area (Å²) in [6.07, 6.45) is 3.33. The molecule has 173 valence electrons. The fraction of sp³-hybridized carbons (Fsp3) is 0.240. The van der Waals surface area contributed by atoms with Crippen LogP contribution in [0.25, 0.3) is 0 Å². The van der Waals surface area contributed by atoms with Gasteiger partial charge in [-0.3, -0.25) is 4.79 Å². The molecule has 34 heavy (non-hydrogen) atoms. The van der Waals surface area contributed by atoms with Gasteiger partial charge in [0.25, 0.3) is 0 Å². The van der Waals surface area contributed by atoms with Crippen LogP contribution in [0, 0.1) is 6.07 Å². The van der Waals surface area contributed by atoms with E-state index in [1.54, 1.807) is 6.20 Å². The summed E-state index contributed by atoms with van der Waals surface area (Å²) >= 11 is 6.36. The van der Waals surface area contributed by atoms with Crippen molar-refractivity contribution in [2.75, 3.05) is 48.8 Å². The van der Waals surface area contributed by atoms with Crippen LogP contribution in [0.2, 0.25) is 5.02 Å². The average molecular weight is 551 g/mol. The van der Waals surface area contributed by atoms with Crippen molar-refractivity contribution in [2.45, 2.75) is 6.42 Å². The molecule has 1 radical (unpaired) electrons. The second kappa shape index (κ2) is 12.4. The normalized spacial score (nSPS) is 13.6. The van der Waals surface area contributed by atoms with Gasteiger partial charge in [-0.25, -0.2) is 9.97 Å². The summed E-state index contributed by atoms with van der Waals surface area (Å²) in [5.74, 6) is 0.197. The number of hydrogen-bond acceptors (Lipinski definition) is 6. The van der Waals surface area contributed by atoms with Crippen LogP contribution >= 0.6 is 11.6 Å². The molecule has 2 N–H and O–H groups in total. The van der Waals surface area contributed by atoms with Crippen molar-refractivity contribution < 1.29 is 37.5 Å². The van der Waals surface area contributed by atoms with Crippen LogP contribution in [0.4, 0.5) is 23.0 Å². The van der Waals surface area contributed by atoms with Gasteiger partial charge in [-0.2, -0.15) is 12.1 Å². The quantitative estimate of drug-likeness (QED) is 0.340. The number of aromatic nitrogens is 2. The Bertz CT molecular complexity index is 1130. The molecule has 2 heterocycles. The van der Waals surface area contributed by atoms with Crippen LogP contribution in [0.15, 0.2) is 61.3 Å². The SMILES string of the molecule is C=CC(=O)Nc1cccc(Cc2nc(Nc3[c-]cc(N4CCN(C)CC4)cc3)ncc2Cl)c1.[Y]. The number of carbonyl (C=O) groups is 1. The number of rotatable bonds is 7. The molecule has 0 spiro atoms. The predicted octanol–water partition coefficient (Wildman–Crippen LogP) is 4.14. The zero-order chi connectivity index (χ0) is 23.2. The Balaban J connectivity index is 0.00000324. The second-order valence-electron chi connectivity index (χ2n) is 7.93. The van der Waals surface area contributed by atoms with Gasteiger partial charge in [0.05, 0.1) is 16.9 Å². The van der Waals surface area contributed by atoms with E-state index in [2.05, 4.69) is 56.2 Å². The number of likely N-dealkylation sites (N-methyl/N-ethyl adjacent to an activating group) is 1. The molecule has 1 saturated heterocycles. The van der Waals surface area contributed by atoms with Crippen molar-refractivity contribution in [2.24, 2.45) is 0 Å². The van der Waals surface area contributed by atoms with Gasteiger partial charge in [0, 0.05) is 71.0 Å². The van der Waals surface area contributed by atoms with E-state index >= 15 is 0 Å². The number of anilines is 4. The monoisotopic (exact) mass is 550 g/mol. The summed E-state index contributed by atoms with van der Waals surface area (Å²) in [7, 11) is 2.15. The first kappa shape index (κ1) is 26.3. The predicted molar refractivity (Wildman–Crippen MR) is 133 cm³/mol. The number of nitrogens with one attached hydrogen (secondary N) is 2. The fourth-order valence-electron chi connectivity index (χ4n) is 3.61. The summed E-state index contributed by atoms with van der Waals surface area (Å²) in [6.45, 7) is 7.62. The molecule has 0 bridgehead atoms. The van der Waals surface area contributed by atoms with Gasteiger partial charge in [-0.1, -0.05) is 41.7 Å². The number of piperazine rings is 1. The van der Waals surface area contributed by atoms with Crippen LogP contribution in [0.1, 0.15) is 11.3 Å². The minimum absolute atomic E-state index is 0. The van der Waals surface area contributed by atoms with E-state index in [0.29, 0.717) is 28.8 Å². The van der Waals surface area contributed by atoms with E-state index in [4.69, 9.17) is 11.6 Å². The molecule has 7 nitrogen and oxygen atoms in total. The van der Waals surface area contributed by atoms with E-state index in [1.165, 1.54) is 6.08 Å². The summed E-state index contributed by atoms with van der Waals surface area (Å²) in [6, 6.07) is 16.9. The Labute approximate surface area is 230 Å². The molecule has 4 rings (SSSR count). The van der Waals surface area contributed by atoms with Gasteiger partial charge in [0.1, 0.15) is 0 Å². The van der Waals surface area contributed by atoms with Gasteiger partial charge in [0.2, 0.25) is 11.9 Å². The third-order valence-electron chi connectivity index (χ3n) is 5.48. The van der Waals surface area contributed by atoms with Crippen LogP contribution in [-0.2, 0) is 43.9 Å². The minimum atomic E-state index is -0.256. The molecule has 9 heteroatoms. The molecule has 1 aliphatic heterocycles. The maximum absolute atomic E-state index is 11.6. The molecule has 1 fully saturated rings. The molecule has 3 aromatic rings. The molecular formula is C25H26ClN6OY-. The Morgan fingerprint density at radius 1 is 1.24 bits per heavy atom. The first-order valence-corrected chi connectivity index (χ1v) is 11.1. The maximum atomic E-state index is 11.6. The molecular weight excluding hydrogens is 525 g/mol. The van der Waals surface area contributed by atoms with Crippen LogP contribution < -0.4 is 15.5 Å². The third-order valence-corrected chi connectivity index (χ3v) is 5.80. The van der Waals surface area contributed by atoms with Gasteiger partial charge < -0.3 is 20.4 Å². The smallest absolute Gasteiger partial charge is 0.247 e. The molecule has 1 aromatic heterocycles. The third kappa shape index (κ3) is 7.09. The summed E-state index contributed by atoms with van der Waals surface area (Å²) < 4.78 is 0. The topological polar surface area (TPSA) is 73.4 Å². The van der Waals surface area contributed by atoms with Crippen molar-refractivity contribution in [3.63, 3.8) is 0 Å². The Morgan fingerprint density at radius 2 is 2.03 bits per heavy atom. The number of benzene rings is 2. The second-order valence-corrected chi connectivity index (χ2v) is 8.34. The van der Waals surface area contributed by atoms with E-state index in [-0.39, 0.29) is 38.6 Å². The number of halogens is 1. The van der Waals surface area contributed by atoms with Crippen LogP contribution in [0.5, 0.6) is 0 Å². The summed E-state index contributed by atoms with van der Waals surface area (Å²) in [4.78, 5) is 25.2. The first-order chi connectivity index (χ1) is 16.0.